The summed E-state index contributed by atoms with van der Waals surface area (Å²) in [5.41, 5.74) is 1.20. The second-order valence-electron chi connectivity index (χ2n) is 5.71. The molecule has 0 spiro atoms. The number of fused-ring (bicyclic) bond motifs is 1. The summed E-state index contributed by atoms with van der Waals surface area (Å²) in [6, 6.07) is 12.5. The maximum atomic E-state index is 8.90. The van der Waals surface area contributed by atoms with Crippen LogP contribution >= 0.6 is 0 Å². The monoisotopic (exact) mass is 287 g/mol. The third-order valence-corrected chi connectivity index (χ3v) is 3.41. The van der Waals surface area contributed by atoms with Gasteiger partial charge in [0.1, 0.15) is 5.75 Å². The number of nitrogens with one attached hydrogen (secondary N) is 1. The molecular formula is C18H25NO2. The molecule has 114 valence electrons. The molecule has 0 atom stereocenters. The van der Waals surface area contributed by atoms with E-state index in [-0.39, 0.29) is 6.61 Å². The van der Waals surface area contributed by atoms with Gasteiger partial charge in [0.15, 0.2) is 0 Å². The van der Waals surface area contributed by atoms with Crippen molar-refractivity contribution in [1.29, 1.82) is 0 Å². The van der Waals surface area contributed by atoms with Gasteiger partial charge in [-0.15, -0.1) is 0 Å². The lowest BCUT2D eigenvalue weighted by Crippen LogP contribution is -2.19. The molecule has 3 nitrogen and oxygen atoms in total. The van der Waals surface area contributed by atoms with E-state index >= 15 is 0 Å². The molecule has 0 bridgehead atoms. The smallest absolute Gasteiger partial charge is 0.124 e. The Labute approximate surface area is 126 Å². The molecular weight excluding hydrogens is 262 g/mol. The first-order chi connectivity index (χ1) is 10.2. The molecule has 0 radical (unpaired) electrons. The van der Waals surface area contributed by atoms with Gasteiger partial charge in [-0.25, -0.2) is 0 Å². The van der Waals surface area contributed by atoms with Crippen LogP contribution in [0.15, 0.2) is 36.4 Å². The second-order valence-corrected chi connectivity index (χ2v) is 5.71. The number of hydrogen-bond donors (Lipinski definition) is 2. The molecule has 2 aromatic rings. The van der Waals surface area contributed by atoms with Gasteiger partial charge in [0.2, 0.25) is 0 Å². The highest BCUT2D eigenvalue weighted by atomic mass is 16.5. The van der Waals surface area contributed by atoms with Gasteiger partial charge in [-0.3, -0.25) is 0 Å². The van der Waals surface area contributed by atoms with Crippen molar-refractivity contribution in [2.45, 2.75) is 26.8 Å². The standard InChI is InChI=1S/C18H25NO2/c1-14(2)12-19-13-17-16-7-4-3-6-15(16)8-9-18(17)21-11-5-10-20/h3-4,6-9,14,19-20H,5,10-13H2,1-2H3. The predicted molar refractivity (Wildman–Crippen MR) is 87.7 cm³/mol. The summed E-state index contributed by atoms with van der Waals surface area (Å²) in [6.07, 6.45) is 0.658. The summed E-state index contributed by atoms with van der Waals surface area (Å²) in [7, 11) is 0. The van der Waals surface area contributed by atoms with Crippen molar-refractivity contribution in [3.8, 4) is 5.75 Å². The molecule has 0 saturated carbocycles. The maximum absolute atomic E-state index is 8.90. The largest absolute Gasteiger partial charge is 0.493 e. The van der Waals surface area contributed by atoms with E-state index < -0.39 is 0 Å². The van der Waals surface area contributed by atoms with Crippen molar-refractivity contribution < 1.29 is 9.84 Å². The highest BCUT2D eigenvalue weighted by molar-refractivity contribution is 5.87. The van der Waals surface area contributed by atoms with Crippen LogP contribution in [-0.2, 0) is 6.54 Å². The maximum Gasteiger partial charge on any atom is 0.124 e. The molecule has 2 N–H and O–H groups in total. The van der Waals surface area contributed by atoms with Crippen LogP contribution in [0.3, 0.4) is 0 Å². The van der Waals surface area contributed by atoms with E-state index in [1.54, 1.807) is 0 Å². The zero-order valence-corrected chi connectivity index (χ0v) is 12.9. The molecule has 0 aliphatic carbocycles. The Bertz CT molecular complexity index is 566. The first-order valence-corrected chi connectivity index (χ1v) is 7.67. The van der Waals surface area contributed by atoms with Crippen molar-refractivity contribution in [2.24, 2.45) is 5.92 Å². The Kier molecular flexibility index (Phi) is 6.03. The van der Waals surface area contributed by atoms with Gasteiger partial charge < -0.3 is 15.2 Å². The third-order valence-electron chi connectivity index (χ3n) is 3.41. The number of rotatable bonds is 8. The molecule has 0 unspecified atom stereocenters. The number of hydrogen-bond acceptors (Lipinski definition) is 3. The Morgan fingerprint density at radius 3 is 2.71 bits per heavy atom. The fraction of sp³-hybridized carbons (Fsp3) is 0.444. The minimum absolute atomic E-state index is 0.161. The second kappa shape index (κ2) is 8.01. The molecule has 2 rings (SSSR count). The first kappa shape index (κ1) is 15.8. The average molecular weight is 287 g/mol. The Morgan fingerprint density at radius 1 is 1.14 bits per heavy atom. The van der Waals surface area contributed by atoms with Crippen molar-refractivity contribution in [3.05, 3.63) is 42.0 Å². The van der Waals surface area contributed by atoms with Crippen molar-refractivity contribution in [2.75, 3.05) is 19.8 Å². The van der Waals surface area contributed by atoms with E-state index in [0.717, 1.165) is 18.8 Å². The molecule has 0 aliphatic heterocycles. The number of aliphatic hydroxyl groups excluding tert-OH is 1. The van der Waals surface area contributed by atoms with Gasteiger partial charge >= 0.3 is 0 Å². The van der Waals surface area contributed by atoms with Gasteiger partial charge in [0.05, 0.1) is 6.61 Å². The van der Waals surface area contributed by atoms with Crippen molar-refractivity contribution in [3.63, 3.8) is 0 Å². The minimum Gasteiger partial charge on any atom is -0.493 e. The minimum atomic E-state index is 0.161. The summed E-state index contributed by atoms with van der Waals surface area (Å²) >= 11 is 0. The molecule has 3 heteroatoms. The van der Waals surface area contributed by atoms with Crippen molar-refractivity contribution >= 4 is 10.8 Å². The van der Waals surface area contributed by atoms with Crippen LogP contribution in [0.25, 0.3) is 10.8 Å². The van der Waals surface area contributed by atoms with Gasteiger partial charge in [-0.1, -0.05) is 44.2 Å². The molecule has 21 heavy (non-hydrogen) atoms. The zero-order chi connectivity index (χ0) is 15.1. The predicted octanol–water partition coefficient (Wildman–Crippen LogP) is 3.35. The molecule has 0 heterocycles. The number of ether oxygens (including phenoxy) is 1. The summed E-state index contributed by atoms with van der Waals surface area (Å²) in [5, 5.41) is 14.9. The normalized spacial score (nSPS) is 11.2. The average Bonchev–Trinajstić information content (AvgIpc) is 2.48. The van der Waals surface area contributed by atoms with Crippen LogP contribution in [0.2, 0.25) is 0 Å². The van der Waals surface area contributed by atoms with Crippen LogP contribution in [0.4, 0.5) is 0 Å². The van der Waals surface area contributed by atoms with Crippen LogP contribution < -0.4 is 10.1 Å². The van der Waals surface area contributed by atoms with Crippen LogP contribution in [0.5, 0.6) is 5.75 Å². The van der Waals surface area contributed by atoms with E-state index in [4.69, 9.17) is 9.84 Å². The van der Waals surface area contributed by atoms with E-state index in [1.165, 1.54) is 16.3 Å². The molecule has 0 saturated heterocycles. The third kappa shape index (κ3) is 4.45. The van der Waals surface area contributed by atoms with E-state index in [1.807, 2.05) is 6.07 Å². The molecule has 2 aromatic carbocycles. The number of aliphatic hydroxyl groups is 1. The van der Waals surface area contributed by atoms with Crippen LogP contribution in [0, 0.1) is 5.92 Å². The molecule has 0 aliphatic rings. The lowest BCUT2D eigenvalue weighted by atomic mass is 10.0. The first-order valence-electron chi connectivity index (χ1n) is 7.67. The lowest BCUT2D eigenvalue weighted by molar-refractivity contribution is 0.232. The fourth-order valence-corrected chi connectivity index (χ4v) is 2.37. The molecule has 0 aromatic heterocycles. The van der Waals surface area contributed by atoms with E-state index in [0.29, 0.717) is 18.9 Å². The number of benzene rings is 2. The van der Waals surface area contributed by atoms with Gasteiger partial charge in [0.25, 0.3) is 0 Å². The van der Waals surface area contributed by atoms with Gasteiger partial charge in [-0.05, 0) is 29.3 Å². The summed E-state index contributed by atoms with van der Waals surface area (Å²) in [5.74, 6) is 1.54. The van der Waals surface area contributed by atoms with E-state index in [2.05, 4.69) is 49.5 Å². The summed E-state index contributed by atoms with van der Waals surface area (Å²) < 4.78 is 5.84. The highest BCUT2D eigenvalue weighted by Crippen LogP contribution is 2.28. The topological polar surface area (TPSA) is 41.5 Å². The van der Waals surface area contributed by atoms with Gasteiger partial charge in [-0.2, -0.15) is 0 Å². The fourth-order valence-electron chi connectivity index (χ4n) is 2.37. The summed E-state index contributed by atoms with van der Waals surface area (Å²) in [6.45, 7) is 6.90. The van der Waals surface area contributed by atoms with Crippen LogP contribution in [-0.4, -0.2) is 24.9 Å². The summed E-state index contributed by atoms with van der Waals surface area (Å²) in [4.78, 5) is 0. The van der Waals surface area contributed by atoms with Crippen molar-refractivity contribution in [1.82, 2.24) is 5.32 Å². The quantitative estimate of drug-likeness (QED) is 0.732. The Morgan fingerprint density at radius 2 is 1.95 bits per heavy atom. The van der Waals surface area contributed by atoms with E-state index in [9.17, 15) is 0 Å². The van der Waals surface area contributed by atoms with Gasteiger partial charge in [0, 0.05) is 25.1 Å². The Hall–Kier alpha value is -1.58. The van der Waals surface area contributed by atoms with Crippen LogP contribution in [0.1, 0.15) is 25.8 Å². The molecule has 0 amide bonds. The highest BCUT2D eigenvalue weighted by Gasteiger charge is 2.09. The SMILES string of the molecule is CC(C)CNCc1c(OCCCO)ccc2ccccc12. The lowest BCUT2D eigenvalue weighted by Gasteiger charge is -2.15. The molecule has 0 fully saturated rings. The zero-order valence-electron chi connectivity index (χ0n) is 12.9. The Balaban J connectivity index is 2.23.